The topological polar surface area (TPSA) is 72.7 Å². The Kier molecular flexibility index (Phi) is 5.50. The van der Waals surface area contributed by atoms with Crippen molar-refractivity contribution in [1.82, 2.24) is 20.0 Å². The first kappa shape index (κ1) is 17.6. The maximum atomic E-state index is 12.4. The fourth-order valence-electron chi connectivity index (χ4n) is 2.52. The second-order valence-corrected chi connectivity index (χ2v) is 7.92. The molecule has 130 valence electrons. The van der Waals surface area contributed by atoms with Gasteiger partial charge in [-0.2, -0.15) is 5.10 Å². The van der Waals surface area contributed by atoms with Crippen molar-refractivity contribution in [3.8, 4) is 5.69 Å². The van der Waals surface area contributed by atoms with Crippen molar-refractivity contribution in [1.29, 1.82) is 0 Å². The number of para-hydroxylation sites is 1. The SMILES string of the molecule is CCSc1nnc(NC(=O)Cc2c(C)nn(-c3ccccc3)c2C)s1. The number of nitrogens with zero attached hydrogens (tertiary/aromatic N) is 4. The van der Waals surface area contributed by atoms with Crippen LogP contribution in [0.15, 0.2) is 34.7 Å². The molecule has 6 nitrogen and oxygen atoms in total. The molecule has 0 aliphatic rings. The van der Waals surface area contributed by atoms with Gasteiger partial charge in [0.1, 0.15) is 0 Å². The normalized spacial score (nSPS) is 10.8. The number of nitrogens with one attached hydrogen (secondary N) is 1. The minimum atomic E-state index is -0.108. The molecule has 1 amide bonds. The van der Waals surface area contributed by atoms with Gasteiger partial charge in [-0.3, -0.25) is 4.79 Å². The lowest BCUT2D eigenvalue weighted by Crippen LogP contribution is -2.15. The molecule has 0 aliphatic heterocycles. The number of aryl methyl sites for hydroxylation is 1. The van der Waals surface area contributed by atoms with Crippen LogP contribution < -0.4 is 5.32 Å². The molecule has 0 spiro atoms. The number of rotatable bonds is 6. The summed E-state index contributed by atoms with van der Waals surface area (Å²) < 4.78 is 2.74. The van der Waals surface area contributed by atoms with Gasteiger partial charge in [-0.05, 0) is 31.7 Å². The first-order valence-corrected chi connectivity index (χ1v) is 9.75. The molecule has 0 atom stereocenters. The molecule has 2 aromatic heterocycles. The van der Waals surface area contributed by atoms with Crippen molar-refractivity contribution in [2.45, 2.75) is 31.5 Å². The van der Waals surface area contributed by atoms with Crippen molar-refractivity contribution in [3.05, 3.63) is 47.3 Å². The summed E-state index contributed by atoms with van der Waals surface area (Å²) in [5, 5.41) is 16.0. The van der Waals surface area contributed by atoms with Gasteiger partial charge in [0.25, 0.3) is 0 Å². The van der Waals surface area contributed by atoms with Crippen molar-refractivity contribution >= 4 is 34.1 Å². The molecule has 2 heterocycles. The van der Waals surface area contributed by atoms with Gasteiger partial charge in [-0.15, -0.1) is 10.2 Å². The minimum absolute atomic E-state index is 0.108. The largest absolute Gasteiger partial charge is 0.300 e. The van der Waals surface area contributed by atoms with E-state index in [9.17, 15) is 4.79 Å². The first-order valence-electron chi connectivity index (χ1n) is 7.95. The number of hydrogen-bond acceptors (Lipinski definition) is 6. The maximum absolute atomic E-state index is 12.4. The van der Waals surface area contributed by atoms with Gasteiger partial charge in [0, 0.05) is 11.3 Å². The number of aromatic nitrogens is 4. The van der Waals surface area contributed by atoms with Crippen molar-refractivity contribution < 1.29 is 4.79 Å². The van der Waals surface area contributed by atoms with Crippen LogP contribution in [0.1, 0.15) is 23.9 Å². The standard InChI is InChI=1S/C17H19N5OS2/c1-4-24-17-20-19-16(25-17)18-15(23)10-14-11(2)21-22(12(14)3)13-8-6-5-7-9-13/h5-9H,4,10H2,1-3H3,(H,18,19,23). The summed E-state index contributed by atoms with van der Waals surface area (Å²) in [6, 6.07) is 9.91. The van der Waals surface area contributed by atoms with Gasteiger partial charge in [0.05, 0.1) is 17.8 Å². The highest BCUT2D eigenvalue weighted by molar-refractivity contribution is 8.01. The van der Waals surface area contributed by atoms with Crippen molar-refractivity contribution in [2.24, 2.45) is 0 Å². The molecule has 0 aliphatic carbocycles. The molecule has 0 bridgehead atoms. The van der Waals surface area contributed by atoms with Crippen LogP contribution in [-0.4, -0.2) is 31.6 Å². The van der Waals surface area contributed by atoms with Gasteiger partial charge >= 0.3 is 0 Å². The lowest BCUT2D eigenvalue weighted by Gasteiger charge is -2.05. The molecule has 0 unspecified atom stereocenters. The number of benzene rings is 1. The highest BCUT2D eigenvalue weighted by Crippen LogP contribution is 2.25. The third-order valence-electron chi connectivity index (χ3n) is 3.70. The Morgan fingerprint density at radius 1 is 1.24 bits per heavy atom. The summed E-state index contributed by atoms with van der Waals surface area (Å²) in [7, 11) is 0. The van der Waals surface area contributed by atoms with Crippen LogP contribution >= 0.6 is 23.1 Å². The molecular formula is C17H19N5OS2. The molecule has 0 saturated heterocycles. The fourth-order valence-corrected chi connectivity index (χ4v) is 4.18. The predicted molar refractivity (Wildman–Crippen MR) is 102 cm³/mol. The highest BCUT2D eigenvalue weighted by atomic mass is 32.2. The summed E-state index contributed by atoms with van der Waals surface area (Å²) in [5.41, 5.74) is 3.75. The van der Waals surface area contributed by atoms with E-state index in [0.29, 0.717) is 5.13 Å². The minimum Gasteiger partial charge on any atom is -0.300 e. The van der Waals surface area contributed by atoms with E-state index in [0.717, 1.165) is 32.7 Å². The first-order chi connectivity index (χ1) is 12.1. The molecule has 3 aromatic rings. The second-order valence-electron chi connectivity index (χ2n) is 5.43. The molecule has 8 heteroatoms. The zero-order valence-electron chi connectivity index (χ0n) is 14.3. The molecule has 25 heavy (non-hydrogen) atoms. The third kappa shape index (κ3) is 4.08. The Bertz CT molecular complexity index is 873. The van der Waals surface area contributed by atoms with Crippen molar-refractivity contribution in [2.75, 3.05) is 11.1 Å². The van der Waals surface area contributed by atoms with Gasteiger partial charge in [0.15, 0.2) is 4.34 Å². The number of carbonyl (C=O) groups is 1. The molecule has 0 radical (unpaired) electrons. The monoisotopic (exact) mass is 373 g/mol. The quantitative estimate of drug-likeness (QED) is 0.528. The molecule has 0 saturated carbocycles. The van der Waals surface area contributed by atoms with Crippen LogP contribution in [0.2, 0.25) is 0 Å². The number of amides is 1. The summed E-state index contributed by atoms with van der Waals surface area (Å²) in [4.78, 5) is 12.4. The Morgan fingerprint density at radius 3 is 2.72 bits per heavy atom. The van der Waals surface area contributed by atoms with Crippen LogP contribution in [-0.2, 0) is 11.2 Å². The lowest BCUT2D eigenvalue weighted by molar-refractivity contribution is -0.115. The average molecular weight is 374 g/mol. The van der Waals surface area contributed by atoms with Crippen LogP contribution in [0.3, 0.4) is 0 Å². The summed E-state index contributed by atoms with van der Waals surface area (Å²) in [5.74, 6) is 0.822. The number of carbonyl (C=O) groups excluding carboxylic acids is 1. The lowest BCUT2D eigenvalue weighted by atomic mass is 10.1. The average Bonchev–Trinajstić information content (AvgIpc) is 3.15. The van der Waals surface area contributed by atoms with Gasteiger partial charge < -0.3 is 5.32 Å². The van der Waals surface area contributed by atoms with Crippen LogP contribution in [0.4, 0.5) is 5.13 Å². The molecule has 0 fully saturated rings. The summed E-state index contributed by atoms with van der Waals surface area (Å²) in [6.45, 7) is 5.97. The Hall–Kier alpha value is -2.19. The Balaban J connectivity index is 1.74. The number of hydrogen-bond donors (Lipinski definition) is 1. The smallest absolute Gasteiger partial charge is 0.230 e. The Morgan fingerprint density at radius 2 is 2.00 bits per heavy atom. The molecule has 3 rings (SSSR count). The third-order valence-corrected chi connectivity index (χ3v) is 5.55. The molecule has 1 aromatic carbocycles. The number of thioether (sulfide) groups is 1. The highest BCUT2D eigenvalue weighted by Gasteiger charge is 2.17. The maximum Gasteiger partial charge on any atom is 0.230 e. The van der Waals surface area contributed by atoms with E-state index >= 15 is 0 Å². The van der Waals surface area contributed by atoms with Gasteiger partial charge in [-0.25, -0.2) is 4.68 Å². The van der Waals surface area contributed by atoms with E-state index in [1.54, 1.807) is 11.8 Å². The fraction of sp³-hybridized carbons (Fsp3) is 0.294. The van der Waals surface area contributed by atoms with E-state index in [1.807, 2.05) is 48.9 Å². The van der Waals surface area contributed by atoms with E-state index in [4.69, 9.17) is 0 Å². The number of anilines is 1. The van der Waals surface area contributed by atoms with E-state index in [1.165, 1.54) is 11.3 Å². The van der Waals surface area contributed by atoms with Crippen molar-refractivity contribution in [3.63, 3.8) is 0 Å². The van der Waals surface area contributed by atoms with Crippen LogP contribution in [0.25, 0.3) is 5.69 Å². The van der Waals surface area contributed by atoms with E-state index < -0.39 is 0 Å². The predicted octanol–water partition coefficient (Wildman–Crippen LogP) is 3.63. The summed E-state index contributed by atoms with van der Waals surface area (Å²) >= 11 is 3.01. The second kappa shape index (κ2) is 7.79. The van der Waals surface area contributed by atoms with E-state index in [-0.39, 0.29) is 12.3 Å². The zero-order valence-corrected chi connectivity index (χ0v) is 15.9. The molecular weight excluding hydrogens is 354 g/mol. The van der Waals surface area contributed by atoms with E-state index in [2.05, 4.69) is 27.5 Å². The summed E-state index contributed by atoms with van der Waals surface area (Å²) in [6.07, 6.45) is 0.264. The van der Waals surface area contributed by atoms with Gasteiger partial charge in [-0.1, -0.05) is 48.2 Å². The molecule has 1 N–H and O–H groups in total. The van der Waals surface area contributed by atoms with Gasteiger partial charge in [0.2, 0.25) is 11.0 Å². The zero-order chi connectivity index (χ0) is 17.8. The Labute approximate surface area is 154 Å². The van der Waals surface area contributed by atoms with Crippen LogP contribution in [0, 0.1) is 13.8 Å². The van der Waals surface area contributed by atoms with Crippen LogP contribution in [0.5, 0.6) is 0 Å².